The van der Waals surface area contributed by atoms with Gasteiger partial charge in [0.15, 0.2) is 6.23 Å². The van der Waals surface area contributed by atoms with Gasteiger partial charge in [-0.1, -0.05) is 6.08 Å². The Morgan fingerprint density at radius 3 is 2.88 bits per heavy atom. The standard InChI is InChI=1S/C10H12N2O4/c1-6-4-12(10(15)11-9(6)14)8-3-2-7(13)5-16-8/h2-4,7-8,13H,5H2,1H3,(H,11,14,15)/t7-,8-/m0/s1. The van der Waals surface area contributed by atoms with Gasteiger partial charge in [-0.15, -0.1) is 0 Å². The van der Waals surface area contributed by atoms with E-state index in [0.29, 0.717) is 5.56 Å². The highest BCUT2D eigenvalue weighted by Gasteiger charge is 2.17. The van der Waals surface area contributed by atoms with Crippen molar-refractivity contribution in [3.8, 4) is 0 Å². The maximum Gasteiger partial charge on any atom is 0.330 e. The van der Waals surface area contributed by atoms with E-state index < -0.39 is 23.6 Å². The number of aliphatic hydroxyl groups excluding tert-OH is 1. The van der Waals surface area contributed by atoms with Gasteiger partial charge in [0, 0.05) is 11.8 Å². The fraction of sp³-hybridized carbons (Fsp3) is 0.400. The van der Waals surface area contributed by atoms with Crippen LogP contribution in [0.3, 0.4) is 0 Å². The first-order valence-electron chi connectivity index (χ1n) is 4.88. The zero-order valence-corrected chi connectivity index (χ0v) is 8.71. The molecule has 1 aliphatic heterocycles. The molecule has 16 heavy (non-hydrogen) atoms. The lowest BCUT2D eigenvalue weighted by Crippen LogP contribution is -2.35. The predicted octanol–water partition coefficient (Wildman–Crippen LogP) is -0.709. The van der Waals surface area contributed by atoms with Crippen LogP contribution in [-0.4, -0.2) is 27.4 Å². The number of aromatic amines is 1. The second-order valence-electron chi connectivity index (χ2n) is 3.65. The molecule has 2 rings (SSSR count). The van der Waals surface area contributed by atoms with E-state index in [-0.39, 0.29) is 6.61 Å². The molecule has 2 N–H and O–H groups in total. The molecular weight excluding hydrogens is 212 g/mol. The largest absolute Gasteiger partial charge is 0.387 e. The van der Waals surface area contributed by atoms with Crippen LogP contribution in [0.25, 0.3) is 0 Å². The van der Waals surface area contributed by atoms with Crippen LogP contribution in [0.4, 0.5) is 0 Å². The zero-order valence-electron chi connectivity index (χ0n) is 8.71. The molecule has 2 heterocycles. The van der Waals surface area contributed by atoms with E-state index in [4.69, 9.17) is 4.74 Å². The third-order valence-corrected chi connectivity index (χ3v) is 2.36. The molecule has 0 amide bonds. The van der Waals surface area contributed by atoms with Gasteiger partial charge in [-0.3, -0.25) is 14.3 Å². The van der Waals surface area contributed by atoms with Gasteiger partial charge in [0.25, 0.3) is 5.56 Å². The van der Waals surface area contributed by atoms with Crippen molar-refractivity contribution in [2.75, 3.05) is 6.61 Å². The number of rotatable bonds is 1. The van der Waals surface area contributed by atoms with Gasteiger partial charge in [0.05, 0.1) is 12.7 Å². The van der Waals surface area contributed by atoms with Gasteiger partial charge in [0.2, 0.25) is 0 Å². The number of aliphatic hydroxyl groups is 1. The zero-order chi connectivity index (χ0) is 11.7. The number of H-pyrrole nitrogens is 1. The van der Waals surface area contributed by atoms with Crippen LogP contribution in [0.15, 0.2) is 27.9 Å². The van der Waals surface area contributed by atoms with Crippen LogP contribution in [0.5, 0.6) is 0 Å². The Labute approximate surface area is 90.8 Å². The van der Waals surface area contributed by atoms with E-state index in [1.165, 1.54) is 10.8 Å². The summed E-state index contributed by atoms with van der Waals surface area (Å²) in [5.41, 5.74) is -0.495. The third-order valence-electron chi connectivity index (χ3n) is 2.36. The number of nitrogens with one attached hydrogen (secondary N) is 1. The number of ether oxygens (including phenoxy) is 1. The Bertz CT molecular complexity index is 528. The maximum absolute atomic E-state index is 11.5. The average molecular weight is 224 g/mol. The minimum absolute atomic E-state index is 0.131. The summed E-state index contributed by atoms with van der Waals surface area (Å²) in [5.74, 6) is 0. The molecule has 2 atom stereocenters. The van der Waals surface area contributed by atoms with Gasteiger partial charge in [-0.2, -0.15) is 0 Å². The van der Waals surface area contributed by atoms with Crippen molar-refractivity contribution in [2.45, 2.75) is 19.3 Å². The fourth-order valence-electron chi connectivity index (χ4n) is 1.48. The van der Waals surface area contributed by atoms with Crippen molar-refractivity contribution in [3.05, 3.63) is 44.8 Å². The van der Waals surface area contributed by atoms with E-state index in [2.05, 4.69) is 4.98 Å². The molecule has 1 aromatic heterocycles. The Kier molecular flexibility index (Phi) is 2.76. The lowest BCUT2D eigenvalue weighted by atomic mass is 10.2. The van der Waals surface area contributed by atoms with Crippen LogP contribution < -0.4 is 11.2 Å². The molecule has 0 unspecified atom stereocenters. The minimum atomic E-state index is -0.643. The van der Waals surface area contributed by atoms with Crippen molar-refractivity contribution < 1.29 is 9.84 Å². The van der Waals surface area contributed by atoms with Gasteiger partial charge >= 0.3 is 5.69 Å². The second kappa shape index (κ2) is 4.07. The molecule has 1 aliphatic rings. The first-order chi connectivity index (χ1) is 7.58. The second-order valence-corrected chi connectivity index (χ2v) is 3.65. The molecule has 0 fully saturated rings. The monoisotopic (exact) mass is 224 g/mol. The lowest BCUT2D eigenvalue weighted by molar-refractivity contribution is -0.0204. The van der Waals surface area contributed by atoms with Crippen molar-refractivity contribution in [3.63, 3.8) is 0 Å². The van der Waals surface area contributed by atoms with E-state index in [1.807, 2.05) is 0 Å². The number of nitrogens with zero attached hydrogens (tertiary/aromatic N) is 1. The number of aromatic nitrogens is 2. The molecule has 0 aromatic carbocycles. The summed E-state index contributed by atoms with van der Waals surface area (Å²) in [6, 6.07) is 0. The van der Waals surface area contributed by atoms with Crippen LogP contribution in [-0.2, 0) is 4.74 Å². The van der Waals surface area contributed by atoms with E-state index in [1.54, 1.807) is 19.1 Å². The fourth-order valence-corrected chi connectivity index (χ4v) is 1.48. The van der Waals surface area contributed by atoms with Gasteiger partial charge < -0.3 is 9.84 Å². The molecule has 0 bridgehead atoms. The summed E-state index contributed by atoms with van der Waals surface area (Å²) >= 11 is 0. The summed E-state index contributed by atoms with van der Waals surface area (Å²) in [5, 5.41) is 9.18. The molecule has 0 aliphatic carbocycles. The average Bonchev–Trinajstić information content (AvgIpc) is 2.25. The quantitative estimate of drug-likeness (QED) is 0.617. The molecule has 1 aromatic rings. The molecule has 0 saturated carbocycles. The molecule has 6 heteroatoms. The Balaban J connectivity index is 2.42. The van der Waals surface area contributed by atoms with Crippen LogP contribution in [0.1, 0.15) is 11.8 Å². The number of hydrogen-bond acceptors (Lipinski definition) is 4. The first kappa shape index (κ1) is 10.8. The maximum atomic E-state index is 11.5. The van der Waals surface area contributed by atoms with Gasteiger partial charge in [0.1, 0.15) is 0 Å². The minimum Gasteiger partial charge on any atom is -0.387 e. The highest BCUT2D eigenvalue weighted by atomic mass is 16.5. The normalized spacial score (nSPS) is 24.6. The molecule has 86 valence electrons. The first-order valence-corrected chi connectivity index (χ1v) is 4.88. The van der Waals surface area contributed by atoms with Crippen molar-refractivity contribution in [1.29, 1.82) is 0 Å². The Morgan fingerprint density at radius 2 is 2.25 bits per heavy atom. The molecule has 6 nitrogen and oxygen atoms in total. The van der Waals surface area contributed by atoms with Crippen molar-refractivity contribution >= 4 is 0 Å². The summed E-state index contributed by atoms with van der Waals surface area (Å²) in [6.07, 6.45) is 3.35. The van der Waals surface area contributed by atoms with E-state index >= 15 is 0 Å². The molecular formula is C10H12N2O4. The Hall–Kier alpha value is -1.66. The van der Waals surface area contributed by atoms with Crippen LogP contribution in [0, 0.1) is 6.92 Å². The number of hydrogen-bond donors (Lipinski definition) is 2. The third kappa shape index (κ3) is 1.98. The van der Waals surface area contributed by atoms with E-state index in [0.717, 1.165) is 0 Å². The number of aryl methyl sites for hydroxylation is 1. The van der Waals surface area contributed by atoms with Crippen LogP contribution in [0.2, 0.25) is 0 Å². The SMILES string of the molecule is Cc1cn([C@@H]2C=C[C@H](O)CO2)c(=O)[nH]c1=O. The smallest absolute Gasteiger partial charge is 0.330 e. The van der Waals surface area contributed by atoms with Gasteiger partial charge in [-0.05, 0) is 13.0 Å². The topological polar surface area (TPSA) is 84.3 Å². The molecule has 0 radical (unpaired) electrons. The summed E-state index contributed by atoms with van der Waals surface area (Å²) in [7, 11) is 0. The summed E-state index contributed by atoms with van der Waals surface area (Å²) < 4.78 is 6.53. The van der Waals surface area contributed by atoms with Crippen LogP contribution >= 0.6 is 0 Å². The van der Waals surface area contributed by atoms with Gasteiger partial charge in [-0.25, -0.2) is 4.79 Å². The van der Waals surface area contributed by atoms with Crippen molar-refractivity contribution in [1.82, 2.24) is 9.55 Å². The highest BCUT2D eigenvalue weighted by molar-refractivity contribution is 5.04. The highest BCUT2D eigenvalue weighted by Crippen LogP contribution is 2.13. The molecule has 0 saturated heterocycles. The lowest BCUT2D eigenvalue weighted by Gasteiger charge is -2.22. The van der Waals surface area contributed by atoms with Crippen molar-refractivity contribution in [2.24, 2.45) is 0 Å². The Morgan fingerprint density at radius 1 is 1.50 bits per heavy atom. The molecule has 0 spiro atoms. The summed E-state index contributed by atoms with van der Waals surface area (Å²) in [4.78, 5) is 24.9. The predicted molar refractivity (Wildman–Crippen MR) is 56.2 cm³/mol. The summed E-state index contributed by atoms with van der Waals surface area (Å²) in [6.45, 7) is 1.74. The van der Waals surface area contributed by atoms with E-state index in [9.17, 15) is 14.7 Å².